The molecular weight excluding hydrogens is 332 g/mol. The van der Waals surface area contributed by atoms with Gasteiger partial charge >= 0.3 is 0 Å². The second-order valence-corrected chi connectivity index (χ2v) is 8.05. The van der Waals surface area contributed by atoms with E-state index in [1.54, 1.807) is 0 Å². The van der Waals surface area contributed by atoms with E-state index in [0.717, 1.165) is 69.3 Å². The molecule has 0 N–H and O–H groups in total. The molecule has 4 nitrogen and oxygen atoms in total. The molecule has 1 amide bonds. The molecule has 0 aliphatic carbocycles. The zero-order valence-electron chi connectivity index (χ0n) is 15.2. The Morgan fingerprint density at radius 2 is 2.00 bits per heavy atom. The number of morpholine rings is 1. The number of hydrogen-bond donors (Lipinski definition) is 0. The Labute approximate surface area is 155 Å². The van der Waals surface area contributed by atoms with E-state index in [9.17, 15) is 4.79 Å². The minimum Gasteiger partial charge on any atom is -0.379 e. The van der Waals surface area contributed by atoms with Crippen molar-refractivity contribution in [3.8, 4) is 0 Å². The minimum atomic E-state index is -0.0171. The molecule has 1 aromatic rings. The number of carbonyl (C=O) groups excluding carboxylic acids is 1. The summed E-state index contributed by atoms with van der Waals surface area (Å²) in [6.45, 7) is 7.60. The first-order valence-corrected chi connectivity index (χ1v) is 10.7. The van der Waals surface area contributed by atoms with Gasteiger partial charge in [0, 0.05) is 31.9 Å². The van der Waals surface area contributed by atoms with Crippen molar-refractivity contribution >= 4 is 17.7 Å². The lowest BCUT2D eigenvalue weighted by Gasteiger charge is -2.37. The summed E-state index contributed by atoms with van der Waals surface area (Å²) in [6, 6.07) is 10.6. The fourth-order valence-electron chi connectivity index (χ4n) is 3.79. The Bertz CT molecular complexity index is 534. The second kappa shape index (κ2) is 9.60. The van der Waals surface area contributed by atoms with Crippen LogP contribution in [-0.2, 0) is 9.53 Å². The van der Waals surface area contributed by atoms with Crippen molar-refractivity contribution in [1.82, 2.24) is 9.80 Å². The number of benzene rings is 1. The molecule has 2 atom stereocenters. The van der Waals surface area contributed by atoms with Gasteiger partial charge in [-0.15, -0.1) is 0 Å². The summed E-state index contributed by atoms with van der Waals surface area (Å²) in [7, 11) is 0. The van der Waals surface area contributed by atoms with Gasteiger partial charge in [-0.05, 0) is 24.2 Å². The van der Waals surface area contributed by atoms with Gasteiger partial charge in [-0.1, -0.05) is 37.3 Å². The van der Waals surface area contributed by atoms with E-state index in [2.05, 4.69) is 28.9 Å². The first kappa shape index (κ1) is 18.7. The number of rotatable bonds is 5. The third kappa shape index (κ3) is 4.99. The van der Waals surface area contributed by atoms with Crippen molar-refractivity contribution in [1.29, 1.82) is 0 Å². The molecule has 0 bridgehead atoms. The second-order valence-electron chi connectivity index (χ2n) is 6.90. The normalized spacial score (nSPS) is 23.9. The molecule has 1 aromatic carbocycles. The number of ether oxygens (including phenoxy) is 1. The lowest BCUT2D eigenvalue weighted by molar-refractivity contribution is -0.135. The molecule has 0 aromatic heterocycles. The fraction of sp³-hybridized carbons (Fsp3) is 0.650. The van der Waals surface area contributed by atoms with E-state index in [-0.39, 0.29) is 5.92 Å². The molecule has 2 aliphatic rings. The Morgan fingerprint density at radius 1 is 1.24 bits per heavy atom. The predicted octanol–water partition coefficient (Wildman–Crippen LogP) is 2.85. The molecule has 3 rings (SSSR count). The molecule has 2 unspecified atom stereocenters. The quantitative estimate of drug-likeness (QED) is 0.806. The highest BCUT2D eigenvalue weighted by Crippen LogP contribution is 2.26. The number of thioether (sulfide) groups is 1. The van der Waals surface area contributed by atoms with Gasteiger partial charge in [-0.2, -0.15) is 11.8 Å². The van der Waals surface area contributed by atoms with Crippen LogP contribution in [0.25, 0.3) is 0 Å². The largest absolute Gasteiger partial charge is 0.379 e. The molecule has 0 spiro atoms. The summed E-state index contributed by atoms with van der Waals surface area (Å²) >= 11 is 2.00. The van der Waals surface area contributed by atoms with Crippen LogP contribution in [0.15, 0.2) is 30.3 Å². The van der Waals surface area contributed by atoms with Crippen LogP contribution in [-0.4, -0.2) is 72.6 Å². The van der Waals surface area contributed by atoms with E-state index in [1.165, 1.54) is 0 Å². The van der Waals surface area contributed by atoms with Crippen LogP contribution in [0.1, 0.15) is 31.2 Å². The average Bonchev–Trinajstić information content (AvgIpc) is 2.89. The third-order valence-corrected chi connectivity index (χ3v) is 6.40. The topological polar surface area (TPSA) is 32.8 Å². The van der Waals surface area contributed by atoms with Gasteiger partial charge in [0.25, 0.3) is 0 Å². The predicted molar refractivity (Wildman–Crippen MR) is 104 cm³/mol. The lowest BCUT2D eigenvalue weighted by atomic mass is 9.94. The number of nitrogens with zero attached hydrogens (tertiary/aromatic N) is 2. The van der Waals surface area contributed by atoms with Crippen molar-refractivity contribution in [3.63, 3.8) is 0 Å². The smallest absolute Gasteiger partial charge is 0.230 e. The van der Waals surface area contributed by atoms with E-state index < -0.39 is 0 Å². The van der Waals surface area contributed by atoms with Gasteiger partial charge in [-0.3, -0.25) is 9.69 Å². The van der Waals surface area contributed by atoms with Crippen molar-refractivity contribution in [2.24, 2.45) is 0 Å². The van der Waals surface area contributed by atoms with Gasteiger partial charge in [0.1, 0.15) is 0 Å². The Kier molecular flexibility index (Phi) is 7.20. The summed E-state index contributed by atoms with van der Waals surface area (Å²) < 4.78 is 5.47. The van der Waals surface area contributed by atoms with Gasteiger partial charge < -0.3 is 9.64 Å². The van der Waals surface area contributed by atoms with Gasteiger partial charge in [-0.25, -0.2) is 0 Å². The monoisotopic (exact) mass is 362 g/mol. The summed E-state index contributed by atoms with van der Waals surface area (Å²) in [5.41, 5.74) is 1.15. The summed E-state index contributed by atoms with van der Waals surface area (Å²) in [4.78, 5) is 18.1. The highest BCUT2D eigenvalue weighted by Gasteiger charge is 2.32. The van der Waals surface area contributed by atoms with Crippen LogP contribution < -0.4 is 0 Å². The molecule has 2 heterocycles. The molecule has 2 aliphatic heterocycles. The van der Waals surface area contributed by atoms with E-state index in [4.69, 9.17) is 4.74 Å². The minimum absolute atomic E-state index is 0.0171. The van der Waals surface area contributed by atoms with Crippen molar-refractivity contribution < 1.29 is 9.53 Å². The zero-order chi connectivity index (χ0) is 17.5. The number of hydrogen-bond acceptors (Lipinski definition) is 4. The molecule has 2 fully saturated rings. The SMILES string of the molecule is CCC(C(=O)N1CCCSCC1CN1CCOCC1)c1ccccc1. The van der Waals surface area contributed by atoms with Gasteiger partial charge in [0.05, 0.1) is 25.2 Å². The fourth-order valence-corrected chi connectivity index (χ4v) is 4.85. The maximum atomic E-state index is 13.4. The van der Waals surface area contributed by atoms with Gasteiger partial charge in [0.15, 0.2) is 0 Å². The zero-order valence-corrected chi connectivity index (χ0v) is 16.0. The molecule has 2 saturated heterocycles. The highest BCUT2D eigenvalue weighted by atomic mass is 32.2. The van der Waals surface area contributed by atoms with Crippen LogP contribution in [0.5, 0.6) is 0 Å². The summed E-state index contributed by atoms with van der Waals surface area (Å²) in [5, 5.41) is 0. The first-order chi connectivity index (χ1) is 12.3. The molecule has 138 valence electrons. The van der Waals surface area contributed by atoms with Crippen LogP contribution >= 0.6 is 11.8 Å². The average molecular weight is 363 g/mol. The molecule has 5 heteroatoms. The summed E-state index contributed by atoms with van der Waals surface area (Å²) in [5.74, 6) is 2.51. The first-order valence-electron chi connectivity index (χ1n) is 9.53. The molecule has 0 saturated carbocycles. The van der Waals surface area contributed by atoms with Crippen molar-refractivity contribution in [3.05, 3.63) is 35.9 Å². The van der Waals surface area contributed by atoms with Crippen molar-refractivity contribution in [2.75, 3.05) is 50.9 Å². The Balaban J connectivity index is 1.73. The van der Waals surface area contributed by atoms with Crippen LogP contribution in [0.3, 0.4) is 0 Å². The maximum Gasteiger partial charge on any atom is 0.230 e. The van der Waals surface area contributed by atoms with Gasteiger partial charge in [0.2, 0.25) is 5.91 Å². The number of carbonyl (C=O) groups is 1. The van der Waals surface area contributed by atoms with Crippen molar-refractivity contribution in [2.45, 2.75) is 31.7 Å². The van der Waals surface area contributed by atoms with Crippen LogP contribution in [0, 0.1) is 0 Å². The number of amides is 1. The highest BCUT2D eigenvalue weighted by molar-refractivity contribution is 7.99. The van der Waals surface area contributed by atoms with Crippen LogP contribution in [0.2, 0.25) is 0 Å². The van der Waals surface area contributed by atoms with E-state index in [1.807, 2.05) is 30.0 Å². The molecule has 0 radical (unpaired) electrons. The molecular formula is C20H30N2O2S. The Morgan fingerprint density at radius 3 is 2.72 bits per heavy atom. The Hall–Kier alpha value is -1.04. The lowest BCUT2D eigenvalue weighted by Crippen LogP contribution is -2.51. The van der Waals surface area contributed by atoms with Crippen LogP contribution in [0.4, 0.5) is 0 Å². The maximum absolute atomic E-state index is 13.4. The van der Waals surface area contributed by atoms with E-state index in [0.29, 0.717) is 11.9 Å². The van der Waals surface area contributed by atoms with E-state index >= 15 is 0 Å². The standard InChI is InChI=1S/C20H30N2O2S/c1-2-19(17-7-4-3-5-8-17)20(23)22-9-6-14-25-16-18(22)15-21-10-12-24-13-11-21/h3-5,7-8,18-19H,2,6,9-16H2,1H3. The molecule has 25 heavy (non-hydrogen) atoms. The third-order valence-electron chi connectivity index (χ3n) is 5.20. The summed E-state index contributed by atoms with van der Waals surface area (Å²) in [6.07, 6.45) is 1.96.